The summed E-state index contributed by atoms with van der Waals surface area (Å²) in [5.74, 6) is -1.36. The van der Waals surface area contributed by atoms with E-state index in [9.17, 15) is 19.2 Å². The first-order chi connectivity index (χ1) is 12.6. The molecule has 1 heterocycles. The highest BCUT2D eigenvalue weighted by atomic mass is 16.5. The number of hydrogen-bond acceptors (Lipinski definition) is 5. The van der Waals surface area contributed by atoms with Crippen LogP contribution < -0.4 is 11.1 Å². The largest absolute Gasteiger partial charge is 0.452 e. The lowest BCUT2D eigenvalue weighted by atomic mass is 9.77. The van der Waals surface area contributed by atoms with Crippen molar-refractivity contribution in [3.63, 3.8) is 0 Å². The number of primary amides is 1. The number of amides is 4. The van der Waals surface area contributed by atoms with Crippen molar-refractivity contribution < 1.29 is 23.9 Å². The molecule has 152 valence electrons. The SMILES string of the molecule is CC(C)[C@H](OC(=O)[C@@H]1CC(=O)N([C@@H]2CCC[C@@H](C)[C@H]2C)C1)C(=O)NC(N)=O. The van der Waals surface area contributed by atoms with E-state index in [0.29, 0.717) is 18.4 Å². The number of nitrogens with two attached hydrogens (primary N) is 1. The third kappa shape index (κ3) is 4.99. The maximum atomic E-state index is 12.6. The number of carbonyl (C=O) groups excluding carboxylic acids is 4. The highest BCUT2D eigenvalue weighted by molar-refractivity contribution is 5.97. The van der Waals surface area contributed by atoms with Crippen molar-refractivity contribution >= 4 is 23.8 Å². The van der Waals surface area contributed by atoms with Gasteiger partial charge in [0.2, 0.25) is 5.91 Å². The third-order valence-corrected chi connectivity index (χ3v) is 5.91. The minimum Gasteiger partial charge on any atom is -0.452 e. The first-order valence-corrected chi connectivity index (χ1v) is 9.72. The predicted molar refractivity (Wildman–Crippen MR) is 98.2 cm³/mol. The Morgan fingerprint density at radius 1 is 1.22 bits per heavy atom. The molecule has 1 saturated heterocycles. The molecule has 2 rings (SSSR count). The Morgan fingerprint density at radius 2 is 1.89 bits per heavy atom. The molecule has 2 fully saturated rings. The summed E-state index contributed by atoms with van der Waals surface area (Å²) in [6, 6.07) is -0.845. The normalized spacial score (nSPS) is 29.5. The van der Waals surface area contributed by atoms with Crippen molar-refractivity contribution in [1.29, 1.82) is 0 Å². The topological polar surface area (TPSA) is 119 Å². The molecule has 0 unspecified atom stereocenters. The molecule has 0 aromatic carbocycles. The molecular formula is C19H31N3O5. The molecule has 4 amide bonds. The van der Waals surface area contributed by atoms with Crippen molar-refractivity contribution in [1.82, 2.24) is 10.2 Å². The van der Waals surface area contributed by atoms with Crippen molar-refractivity contribution in [2.75, 3.05) is 6.54 Å². The molecule has 2 aliphatic rings. The molecule has 8 heteroatoms. The fourth-order valence-electron chi connectivity index (χ4n) is 4.11. The van der Waals surface area contributed by atoms with Gasteiger partial charge < -0.3 is 15.4 Å². The summed E-state index contributed by atoms with van der Waals surface area (Å²) in [6.45, 7) is 8.09. The summed E-state index contributed by atoms with van der Waals surface area (Å²) in [4.78, 5) is 49.8. The lowest BCUT2D eigenvalue weighted by Crippen LogP contribution is -2.47. The molecule has 27 heavy (non-hydrogen) atoms. The van der Waals surface area contributed by atoms with Gasteiger partial charge in [-0.05, 0) is 24.2 Å². The number of nitrogens with zero attached hydrogens (tertiary/aromatic N) is 1. The zero-order valence-corrected chi connectivity index (χ0v) is 16.6. The lowest BCUT2D eigenvalue weighted by molar-refractivity contribution is -0.162. The number of ether oxygens (including phenoxy) is 1. The molecule has 0 spiro atoms. The number of rotatable bonds is 5. The average Bonchev–Trinajstić information content (AvgIpc) is 2.95. The molecule has 0 bridgehead atoms. The standard InChI is InChI=1S/C19H31N3O5/c1-10(2)16(17(24)21-19(20)26)27-18(25)13-8-15(23)22(9-13)14-7-5-6-11(3)12(14)4/h10-14,16H,5-9H2,1-4H3,(H3,20,21,24,26)/t11-,12-,13-,14-,16+/m1/s1. The Bertz CT molecular complexity index is 606. The van der Waals surface area contributed by atoms with Gasteiger partial charge in [0.25, 0.3) is 5.91 Å². The van der Waals surface area contributed by atoms with Crippen LogP contribution in [0, 0.1) is 23.7 Å². The van der Waals surface area contributed by atoms with Gasteiger partial charge in [0.05, 0.1) is 5.92 Å². The van der Waals surface area contributed by atoms with E-state index in [-0.39, 0.29) is 24.3 Å². The summed E-state index contributed by atoms with van der Waals surface area (Å²) < 4.78 is 5.35. The van der Waals surface area contributed by atoms with Crippen LogP contribution in [0.4, 0.5) is 4.79 Å². The fraction of sp³-hybridized carbons (Fsp3) is 0.789. The van der Waals surface area contributed by atoms with E-state index in [2.05, 4.69) is 13.8 Å². The Hall–Kier alpha value is -2.12. The minimum absolute atomic E-state index is 0.0365. The van der Waals surface area contributed by atoms with Gasteiger partial charge in [-0.2, -0.15) is 0 Å². The van der Waals surface area contributed by atoms with Crippen molar-refractivity contribution in [3.05, 3.63) is 0 Å². The molecule has 8 nitrogen and oxygen atoms in total. The van der Waals surface area contributed by atoms with Gasteiger partial charge in [0.15, 0.2) is 6.10 Å². The van der Waals surface area contributed by atoms with E-state index in [1.165, 1.54) is 0 Å². The lowest BCUT2D eigenvalue weighted by Gasteiger charge is -2.40. The van der Waals surface area contributed by atoms with Gasteiger partial charge in [0, 0.05) is 19.0 Å². The Labute approximate surface area is 160 Å². The van der Waals surface area contributed by atoms with Crippen LogP contribution in [0.5, 0.6) is 0 Å². The Balaban J connectivity index is 2.01. The molecule has 3 N–H and O–H groups in total. The number of carbonyl (C=O) groups is 4. The van der Waals surface area contributed by atoms with Gasteiger partial charge in [0.1, 0.15) is 0 Å². The molecular weight excluding hydrogens is 350 g/mol. The van der Waals surface area contributed by atoms with Crippen LogP contribution in [-0.4, -0.2) is 47.4 Å². The van der Waals surface area contributed by atoms with Crippen LogP contribution in [0.1, 0.15) is 53.4 Å². The maximum Gasteiger partial charge on any atom is 0.318 e. The van der Waals surface area contributed by atoms with Crippen molar-refractivity contribution in [2.45, 2.75) is 65.5 Å². The Morgan fingerprint density at radius 3 is 2.48 bits per heavy atom. The summed E-state index contributed by atoms with van der Waals surface area (Å²) in [5.41, 5.74) is 4.96. The highest BCUT2D eigenvalue weighted by Crippen LogP contribution is 2.36. The first-order valence-electron chi connectivity index (χ1n) is 9.72. The first kappa shape index (κ1) is 21.2. The van der Waals surface area contributed by atoms with Crippen LogP contribution in [0.3, 0.4) is 0 Å². The molecule has 1 aliphatic carbocycles. The van der Waals surface area contributed by atoms with Crippen LogP contribution in [0.15, 0.2) is 0 Å². The number of urea groups is 1. The number of likely N-dealkylation sites (tertiary alicyclic amines) is 1. The number of nitrogens with one attached hydrogen (secondary N) is 1. The zero-order chi connectivity index (χ0) is 20.3. The van der Waals surface area contributed by atoms with E-state index in [0.717, 1.165) is 19.3 Å². The number of imide groups is 1. The third-order valence-electron chi connectivity index (χ3n) is 5.91. The van der Waals surface area contributed by atoms with Crippen molar-refractivity contribution in [3.8, 4) is 0 Å². The van der Waals surface area contributed by atoms with E-state index in [1.54, 1.807) is 13.8 Å². The second-order valence-electron chi connectivity index (χ2n) is 8.24. The molecule has 5 atom stereocenters. The summed E-state index contributed by atoms with van der Waals surface area (Å²) in [5, 5.41) is 1.95. The Kier molecular flexibility index (Phi) is 6.84. The fourth-order valence-corrected chi connectivity index (χ4v) is 4.11. The summed E-state index contributed by atoms with van der Waals surface area (Å²) in [6.07, 6.45) is 2.17. The molecule has 0 radical (unpaired) electrons. The van der Waals surface area contributed by atoms with Gasteiger partial charge >= 0.3 is 12.0 Å². The molecule has 1 saturated carbocycles. The van der Waals surface area contributed by atoms with E-state index in [4.69, 9.17) is 10.5 Å². The number of esters is 1. The summed E-state index contributed by atoms with van der Waals surface area (Å²) >= 11 is 0. The zero-order valence-electron chi connectivity index (χ0n) is 16.6. The quantitative estimate of drug-likeness (QED) is 0.698. The van der Waals surface area contributed by atoms with Gasteiger partial charge in [-0.15, -0.1) is 0 Å². The monoisotopic (exact) mass is 381 g/mol. The van der Waals surface area contributed by atoms with Gasteiger partial charge in [-0.25, -0.2) is 4.79 Å². The molecule has 0 aromatic heterocycles. The van der Waals surface area contributed by atoms with Crippen LogP contribution in [-0.2, 0) is 19.1 Å². The van der Waals surface area contributed by atoms with Gasteiger partial charge in [-0.1, -0.05) is 40.5 Å². The second-order valence-corrected chi connectivity index (χ2v) is 8.24. The highest BCUT2D eigenvalue weighted by Gasteiger charge is 2.43. The minimum atomic E-state index is -1.12. The molecule has 1 aliphatic heterocycles. The van der Waals surface area contributed by atoms with Crippen LogP contribution in [0.25, 0.3) is 0 Å². The van der Waals surface area contributed by atoms with E-state index < -0.39 is 29.9 Å². The van der Waals surface area contributed by atoms with Crippen molar-refractivity contribution in [2.24, 2.45) is 29.4 Å². The molecule has 0 aromatic rings. The average molecular weight is 381 g/mol. The van der Waals surface area contributed by atoms with E-state index >= 15 is 0 Å². The van der Waals surface area contributed by atoms with Crippen LogP contribution >= 0.6 is 0 Å². The van der Waals surface area contributed by atoms with Crippen LogP contribution in [0.2, 0.25) is 0 Å². The van der Waals surface area contributed by atoms with Gasteiger partial charge in [-0.3, -0.25) is 19.7 Å². The predicted octanol–water partition coefficient (Wildman–Crippen LogP) is 1.42. The summed E-state index contributed by atoms with van der Waals surface area (Å²) in [7, 11) is 0. The smallest absolute Gasteiger partial charge is 0.318 e. The van der Waals surface area contributed by atoms with E-state index in [1.807, 2.05) is 10.2 Å². The second kappa shape index (κ2) is 8.71. The number of hydrogen-bond donors (Lipinski definition) is 2. The maximum absolute atomic E-state index is 12.6.